The van der Waals surface area contributed by atoms with Crippen molar-refractivity contribution >= 4 is 0 Å². The fourth-order valence-electron chi connectivity index (χ4n) is 1.93. The van der Waals surface area contributed by atoms with Crippen LogP contribution in [0, 0.1) is 5.92 Å². The Morgan fingerprint density at radius 3 is 2.20 bits per heavy atom. The lowest BCUT2D eigenvalue weighted by Crippen LogP contribution is -2.25. The molecule has 0 fully saturated rings. The van der Waals surface area contributed by atoms with E-state index in [1.165, 1.54) is 0 Å². The van der Waals surface area contributed by atoms with E-state index in [2.05, 4.69) is 6.92 Å². The van der Waals surface area contributed by atoms with Gasteiger partial charge in [0.25, 0.3) is 5.92 Å². The first-order valence-corrected chi connectivity index (χ1v) is 6.04. The predicted molar refractivity (Wildman–Crippen MR) is 59.2 cm³/mol. The van der Waals surface area contributed by atoms with Crippen molar-refractivity contribution in [3.05, 3.63) is 0 Å². The molecule has 0 heterocycles. The lowest BCUT2D eigenvalue weighted by atomic mass is 9.91. The molecule has 1 unspecified atom stereocenters. The van der Waals surface area contributed by atoms with Crippen molar-refractivity contribution in [2.75, 3.05) is 6.61 Å². The Labute approximate surface area is 91.9 Å². The van der Waals surface area contributed by atoms with E-state index in [-0.39, 0.29) is 12.3 Å². The number of hydrogen-bond acceptors (Lipinski definition) is 1. The molecular weight excluding hydrogens is 198 g/mol. The SMILES string of the molecule is CCCCCC(CCC)CC(F)(F)CO. The molecule has 0 aromatic rings. The lowest BCUT2D eigenvalue weighted by Gasteiger charge is -2.21. The smallest absolute Gasteiger partial charge is 0.270 e. The van der Waals surface area contributed by atoms with E-state index in [0.29, 0.717) is 0 Å². The largest absolute Gasteiger partial charge is 0.390 e. The van der Waals surface area contributed by atoms with Gasteiger partial charge in [-0.1, -0.05) is 52.4 Å². The molecule has 0 spiro atoms. The van der Waals surface area contributed by atoms with Gasteiger partial charge in [-0.3, -0.25) is 0 Å². The summed E-state index contributed by atoms with van der Waals surface area (Å²) in [7, 11) is 0. The number of aliphatic hydroxyl groups excluding tert-OH is 1. The van der Waals surface area contributed by atoms with Crippen LogP contribution in [0.2, 0.25) is 0 Å². The van der Waals surface area contributed by atoms with Crippen LogP contribution in [-0.4, -0.2) is 17.6 Å². The average Bonchev–Trinajstić information content (AvgIpc) is 2.18. The standard InChI is InChI=1S/C12H24F2O/c1-3-5-6-8-11(7-4-2)9-12(13,14)10-15/h11,15H,3-10H2,1-2H3. The van der Waals surface area contributed by atoms with Crippen LogP contribution in [0.1, 0.15) is 58.8 Å². The topological polar surface area (TPSA) is 20.2 Å². The number of hydrogen-bond donors (Lipinski definition) is 1. The van der Waals surface area contributed by atoms with Gasteiger partial charge in [-0.25, -0.2) is 8.78 Å². The monoisotopic (exact) mass is 222 g/mol. The van der Waals surface area contributed by atoms with Gasteiger partial charge in [0.15, 0.2) is 0 Å². The second-order valence-electron chi connectivity index (χ2n) is 4.37. The Balaban J connectivity index is 3.91. The first-order valence-electron chi connectivity index (χ1n) is 6.04. The van der Waals surface area contributed by atoms with E-state index in [1.54, 1.807) is 0 Å². The van der Waals surface area contributed by atoms with Crippen LogP contribution in [0.25, 0.3) is 0 Å². The van der Waals surface area contributed by atoms with Crippen molar-refractivity contribution in [2.24, 2.45) is 5.92 Å². The maximum absolute atomic E-state index is 13.0. The molecule has 15 heavy (non-hydrogen) atoms. The van der Waals surface area contributed by atoms with E-state index in [4.69, 9.17) is 5.11 Å². The molecule has 1 nitrogen and oxygen atoms in total. The third-order valence-corrected chi connectivity index (χ3v) is 2.73. The van der Waals surface area contributed by atoms with Crippen LogP contribution in [0.4, 0.5) is 8.78 Å². The van der Waals surface area contributed by atoms with Gasteiger partial charge >= 0.3 is 0 Å². The second-order valence-corrected chi connectivity index (χ2v) is 4.37. The molecule has 1 atom stereocenters. The van der Waals surface area contributed by atoms with Crippen LogP contribution in [0.3, 0.4) is 0 Å². The Bertz CT molecular complexity index is 149. The maximum atomic E-state index is 13.0. The summed E-state index contributed by atoms with van der Waals surface area (Å²) >= 11 is 0. The first kappa shape index (κ1) is 14.8. The second kappa shape index (κ2) is 8.03. The van der Waals surface area contributed by atoms with Crippen molar-refractivity contribution in [1.29, 1.82) is 0 Å². The minimum atomic E-state index is -2.88. The third kappa shape index (κ3) is 7.71. The third-order valence-electron chi connectivity index (χ3n) is 2.73. The van der Waals surface area contributed by atoms with E-state index >= 15 is 0 Å². The fourth-order valence-corrected chi connectivity index (χ4v) is 1.93. The van der Waals surface area contributed by atoms with Crippen LogP contribution >= 0.6 is 0 Å². The number of halogens is 2. The van der Waals surface area contributed by atoms with Crippen LogP contribution in [0.15, 0.2) is 0 Å². The summed E-state index contributed by atoms with van der Waals surface area (Å²) in [6.45, 7) is 3.11. The number of rotatable bonds is 9. The summed E-state index contributed by atoms with van der Waals surface area (Å²) in [5.41, 5.74) is 0. The van der Waals surface area contributed by atoms with Crippen molar-refractivity contribution in [2.45, 2.75) is 64.7 Å². The van der Waals surface area contributed by atoms with Gasteiger partial charge in [0, 0.05) is 6.42 Å². The van der Waals surface area contributed by atoms with Crippen molar-refractivity contribution < 1.29 is 13.9 Å². The van der Waals surface area contributed by atoms with E-state index in [1.807, 2.05) is 6.92 Å². The van der Waals surface area contributed by atoms with E-state index in [9.17, 15) is 8.78 Å². The van der Waals surface area contributed by atoms with Crippen molar-refractivity contribution in [1.82, 2.24) is 0 Å². The summed E-state index contributed by atoms with van der Waals surface area (Å²) in [5, 5.41) is 8.53. The molecule has 0 amide bonds. The minimum Gasteiger partial charge on any atom is -0.390 e. The Hall–Kier alpha value is -0.180. The molecule has 3 heteroatoms. The molecule has 0 aliphatic heterocycles. The molecule has 0 saturated carbocycles. The number of aliphatic hydroxyl groups is 1. The molecule has 0 rings (SSSR count). The molecule has 92 valence electrons. The van der Waals surface area contributed by atoms with Crippen LogP contribution < -0.4 is 0 Å². The van der Waals surface area contributed by atoms with Gasteiger partial charge in [-0.05, 0) is 5.92 Å². The molecule has 0 aliphatic carbocycles. The van der Waals surface area contributed by atoms with Gasteiger partial charge in [0.05, 0.1) is 0 Å². The van der Waals surface area contributed by atoms with Gasteiger partial charge in [0.1, 0.15) is 6.61 Å². The molecule has 0 radical (unpaired) electrons. The molecule has 1 N–H and O–H groups in total. The fraction of sp³-hybridized carbons (Fsp3) is 1.00. The minimum absolute atomic E-state index is 0.0729. The Morgan fingerprint density at radius 1 is 1.07 bits per heavy atom. The normalized spacial score (nSPS) is 14.2. The quantitative estimate of drug-likeness (QED) is 0.585. The number of alkyl halides is 2. The van der Waals surface area contributed by atoms with Crippen molar-refractivity contribution in [3.63, 3.8) is 0 Å². The molecule has 0 aliphatic rings. The first-order chi connectivity index (χ1) is 7.05. The molecule has 0 aromatic heterocycles. The van der Waals surface area contributed by atoms with Crippen molar-refractivity contribution in [3.8, 4) is 0 Å². The summed E-state index contributed by atoms with van der Waals surface area (Å²) in [4.78, 5) is 0. The molecule has 0 saturated heterocycles. The Kier molecular flexibility index (Phi) is 7.93. The highest BCUT2D eigenvalue weighted by molar-refractivity contribution is 4.71. The van der Waals surface area contributed by atoms with Gasteiger partial charge in [0.2, 0.25) is 0 Å². The summed E-state index contributed by atoms with van der Waals surface area (Å²) in [6.07, 6.45) is 5.78. The predicted octanol–water partition coefficient (Wildman–Crippen LogP) is 4.00. The van der Waals surface area contributed by atoms with Gasteiger partial charge in [-0.2, -0.15) is 0 Å². The highest BCUT2D eigenvalue weighted by Crippen LogP contribution is 2.29. The van der Waals surface area contributed by atoms with Gasteiger partial charge in [-0.15, -0.1) is 0 Å². The lowest BCUT2D eigenvalue weighted by molar-refractivity contribution is -0.0693. The maximum Gasteiger partial charge on any atom is 0.270 e. The highest BCUT2D eigenvalue weighted by atomic mass is 19.3. The summed E-state index contributed by atoms with van der Waals surface area (Å²) in [5.74, 6) is -2.81. The molecule has 0 bridgehead atoms. The average molecular weight is 222 g/mol. The van der Waals surface area contributed by atoms with E-state index in [0.717, 1.165) is 38.5 Å². The van der Waals surface area contributed by atoms with E-state index < -0.39 is 12.5 Å². The molecule has 0 aromatic carbocycles. The Morgan fingerprint density at radius 2 is 1.73 bits per heavy atom. The highest BCUT2D eigenvalue weighted by Gasteiger charge is 2.30. The zero-order chi connectivity index (χ0) is 11.7. The number of unbranched alkanes of at least 4 members (excludes halogenated alkanes) is 2. The summed E-state index contributed by atoms with van der Waals surface area (Å²) in [6, 6.07) is 0. The van der Waals surface area contributed by atoms with Crippen LogP contribution in [-0.2, 0) is 0 Å². The molecular formula is C12H24F2O. The van der Waals surface area contributed by atoms with Gasteiger partial charge < -0.3 is 5.11 Å². The zero-order valence-electron chi connectivity index (χ0n) is 9.94. The van der Waals surface area contributed by atoms with Crippen LogP contribution in [0.5, 0.6) is 0 Å². The summed E-state index contributed by atoms with van der Waals surface area (Å²) < 4.78 is 26.0. The zero-order valence-corrected chi connectivity index (χ0v) is 9.94.